The minimum atomic E-state index is -0.980. The van der Waals surface area contributed by atoms with Crippen molar-refractivity contribution in [1.29, 1.82) is 0 Å². The van der Waals surface area contributed by atoms with Crippen molar-refractivity contribution in [1.82, 2.24) is 10.2 Å². The molecular formula is C27H30N2O5. The molecule has 2 aromatic carbocycles. The van der Waals surface area contributed by atoms with Gasteiger partial charge in [0.05, 0.1) is 0 Å². The summed E-state index contributed by atoms with van der Waals surface area (Å²) in [5.41, 5.74) is 4.69. The average molecular weight is 463 g/mol. The lowest BCUT2D eigenvalue weighted by Gasteiger charge is -2.27. The molecule has 2 fully saturated rings. The van der Waals surface area contributed by atoms with E-state index in [1.54, 1.807) is 0 Å². The fourth-order valence-corrected chi connectivity index (χ4v) is 5.60. The Kier molecular flexibility index (Phi) is 6.26. The first-order valence-corrected chi connectivity index (χ1v) is 12.1. The molecule has 0 spiro atoms. The molecule has 2 amide bonds. The van der Waals surface area contributed by atoms with Gasteiger partial charge in [-0.25, -0.2) is 4.79 Å². The summed E-state index contributed by atoms with van der Waals surface area (Å²) in [5.74, 6) is -1.30. The largest absolute Gasteiger partial charge is 0.480 e. The van der Waals surface area contributed by atoms with Gasteiger partial charge in [0.15, 0.2) is 0 Å². The van der Waals surface area contributed by atoms with Crippen molar-refractivity contribution in [2.45, 2.75) is 44.1 Å². The number of benzene rings is 2. The SMILES string of the molecule is O=C(O)CN(C(=O)[C@H]1CCC[C@H]1CNC(=O)OCC1c2ccccc2-c2ccccc21)C1CC1. The molecule has 2 aromatic rings. The number of nitrogens with zero attached hydrogens (tertiary/aromatic N) is 1. The summed E-state index contributed by atoms with van der Waals surface area (Å²) in [5, 5.41) is 12.1. The standard InChI is InChI=1S/C27H30N2O5/c30-25(31)15-29(18-12-13-18)26(32)19-11-5-6-17(19)14-28-27(33)34-16-24-22-9-3-1-7-20(22)21-8-2-4-10-23(21)24/h1-4,7-10,17-19,24H,5-6,11-16H2,(H,28,33)(H,30,31)/t17-,19-/m0/s1. The second-order valence-electron chi connectivity index (χ2n) is 9.59. The Morgan fingerprint density at radius 1 is 0.941 bits per heavy atom. The van der Waals surface area contributed by atoms with Crippen LogP contribution in [0.1, 0.15) is 49.1 Å². The Morgan fingerprint density at radius 2 is 1.59 bits per heavy atom. The quantitative estimate of drug-likeness (QED) is 0.618. The predicted molar refractivity (Wildman–Crippen MR) is 126 cm³/mol. The van der Waals surface area contributed by atoms with Crippen molar-refractivity contribution in [3.63, 3.8) is 0 Å². The molecule has 0 aliphatic heterocycles. The monoisotopic (exact) mass is 462 g/mol. The highest BCUT2D eigenvalue weighted by Crippen LogP contribution is 2.44. The van der Waals surface area contributed by atoms with E-state index in [9.17, 15) is 19.5 Å². The van der Waals surface area contributed by atoms with Gasteiger partial charge in [0.25, 0.3) is 0 Å². The number of nitrogens with one attached hydrogen (secondary N) is 1. The highest BCUT2D eigenvalue weighted by Gasteiger charge is 2.41. The van der Waals surface area contributed by atoms with Gasteiger partial charge in [-0.15, -0.1) is 0 Å². The molecule has 2 atom stereocenters. The van der Waals surface area contributed by atoms with Crippen LogP contribution >= 0.6 is 0 Å². The summed E-state index contributed by atoms with van der Waals surface area (Å²) in [6.45, 7) is 0.367. The third-order valence-corrected chi connectivity index (χ3v) is 7.40. The number of carbonyl (C=O) groups is 3. The van der Waals surface area contributed by atoms with Crippen LogP contribution in [0.4, 0.5) is 4.79 Å². The van der Waals surface area contributed by atoms with E-state index in [0.717, 1.165) is 43.2 Å². The molecule has 7 nitrogen and oxygen atoms in total. The van der Waals surface area contributed by atoms with Crippen LogP contribution in [0.15, 0.2) is 48.5 Å². The predicted octanol–water partition coefficient (Wildman–Crippen LogP) is 4.02. The minimum Gasteiger partial charge on any atom is -0.480 e. The molecule has 3 aliphatic rings. The fourth-order valence-electron chi connectivity index (χ4n) is 5.60. The van der Waals surface area contributed by atoms with Gasteiger partial charge in [-0.1, -0.05) is 55.0 Å². The summed E-state index contributed by atoms with van der Waals surface area (Å²) in [4.78, 5) is 38.4. The number of carboxylic acids is 1. The number of hydrogen-bond donors (Lipinski definition) is 2. The van der Waals surface area contributed by atoms with Crippen LogP contribution in [0, 0.1) is 11.8 Å². The first kappa shape index (κ1) is 22.4. The van der Waals surface area contributed by atoms with Crippen LogP contribution in [0.2, 0.25) is 0 Å². The van der Waals surface area contributed by atoms with E-state index >= 15 is 0 Å². The third kappa shape index (κ3) is 4.52. The lowest BCUT2D eigenvalue weighted by Crippen LogP contribution is -2.44. The fraction of sp³-hybridized carbons (Fsp3) is 0.444. The first-order chi connectivity index (χ1) is 16.5. The first-order valence-electron chi connectivity index (χ1n) is 12.1. The van der Waals surface area contributed by atoms with Gasteiger partial charge in [-0.2, -0.15) is 0 Å². The smallest absolute Gasteiger partial charge is 0.407 e. The number of amides is 2. The Hall–Kier alpha value is -3.35. The second-order valence-corrected chi connectivity index (χ2v) is 9.59. The van der Waals surface area contributed by atoms with Gasteiger partial charge in [0, 0.05) is 24.4 Å². The number of ether oxygens (including phenoxy) is 1. The van der Waals surface area contributed by atoms with Crippen molar-refractivity contribution in [3.8, 4) is 11.1 Å². The molecule has 0 radical (unpaired) electrons. The number of alkyl carbamates (subject to hydrolysis) is 1. The van der Waals surface area contributed by atoms with Crippen LogP contribution < -0.4 is 5.32 Å². The highest BCUT2D eigenvalue weighted by molar-refractivity contribution is 5.84. The molecular weight excluding hydrogens is 432 g/mol. The molecule has 0 unspecified atom stereocenters. The molecule has 0 bridgehead atoms. The molecule has 2 saturated carbocycles. The summed E-state index contributed by atoms with van der Waals surface area (Å²) in [7, 11) is 0. The van der Waals surface area contributed by atoms with E-state index in [-0.39, 0.29) is 42.9 Å². The van der Waals surface area contributed by atoms with Crippen LogP contribution in [0.25, 0.3) is 11.1 Å². The molecule has 178 valence electrons. The van der Waals surface area contributed by atoms with E-state index in [1.807, 2.05) is 24.3 Å². The zero-order valence-electron chi connectivity index (χ0n) is 19.1. The Balaban J connectivity index is 1.17. The van der Waals surface area contributed by atoms with Crippen LogP contribution in [0.5, 0.6) is 0 Å². The molecule has 34 heavy (non-hydrogen) atoms. The van der Waals surface area contributed by atoms with Crippen molar-refractivity contribution in [2.75, 3.05) is 19.7 Å². The lowest BCUT2D eigenvalue weighted by molar-refractivity contribution is -0.147. The average Bonchev–Trinajstić information content (AvgIpc) is 3.49. The maximum absolute atomic E-state index is 13.1. The van der Waals surface area contributed by atoms with E-state index in [0.29, 0.717) is 6.54 Å². The molecule has 7 heteroatoms. The van der Waals surface area contributed by atoms with E-state index < -0.39 is 12.1 Å². The molecule has 5 rings (SSSR count). The van der Waals surface area contributed by atoms with E-state index in [1.165, 1.54) is 16.0 Å². The third-order valence-electron chi connectivity index (χ3n) is 7.40. The van der Waals surface area contributed by atoms with E-state index in [2.05, 4.69) is 29.6 Å². The number of carboxylic acid groups (broad SMARTS) is 1. The maximum Gasteiger partial charge on any atom is 0.407 e. The van der Waals surface area contributed by atoms with E-state index in [4.69, 9.17) is 4.74 Å². The summed E-state index contributed by atoms with van der Waals surface area (Å²) >= 11 is 0. The van der Waals surface area contributed by atoms with Crippen LogP contribution in [-0.2, 0) is 14.3 Å². The summed E-state index contributed by atoms with van der Waals surface area (Å²) in [6, 6.07) is 16.5. The number of carbonyl (C=O) groups excluding carboxylic acids is 2. The highest BCUT2D eigenvalue weighted by atomic mass is 16.5. The molecule has 0 heterocycles. The Morgan fingerprint density at radius 3 is 2.21 bits per heavy atom. The van der Waals surface area contributed by atoms with Gasteiger partial charge in [-0.05, 0) is 53.9 Å². The number of aliphatic carboxylic acids is 1. The Labute approximate surface area is 199 Å². The van der Waals surface area contributed by atoms with Gasteiger partial charge in [0.2, 0.25) is 5.91 Å². The van der Waals surface area contributed by atoms with Crippen molar-refractivity contribution in [2.24, 2.45) is 11.8 Å². The van der Waals surface area contributed by atoms with Crippen molar-refractivity contribution >= 4 is 18.0 Å². The zero-order valence-corrected chi connectivity index (χ0v) is 19.1. The van der Waals surface area contributed by atoms with Gasteiger partial charge >= 0.3 is 12.1 Å². The normalized spacial score (nSPS) is 20.9. The van der Waals surface area contributed by atoms with Gasteiger partial charge in [0.1, 0.15) is 13.2 Å². The number of hydrogen-bond acceptors (Lipinski definition) is 4. The lowest BCUT2D eigenvalue weighted by atomic mass is 9.94. The molecule has 3 aliphatic carbocycles. The molecule has 0 saturated heterocycles. The van der Waals surface area contributed by atoms with Crippen LogP contribution in [0.3, 0.4) is 0 Å². The summed E-state index contributed by atoms with van der Waals surface area (Å²) < 4.78 is 5.62. The minimum absolute atomic E-state index is 0.00192. The topological polar surface area (TPSA) is 95.9 Å². The second kappa shape index (κ2) is 9.49. The molecule has 0 aromatic heterocycles. The maximum atomic E-state index is 13.1. The number of fused-ring (bicyclic) bond motifs is 3. The number of rotatable bonds is 8. The van der Waals surface area contributed by atoms with Crippen LogP contribution in [-0.4, -0.2) is 53.7 Å². The molecule has 2 N–H and O–H groups in total. The van der Waals surface area contributed by atoms with Gasteiger partial charge in [-0.3, -0.25) is 9.59 Å². The van der Waals surface area contributed by atoms with Crippen molar-refractivity contribution < 1.29 is 24.2 Å². The zero-order chi connectivity index (χ0) is 23.7. The van der Waals surface area contributed by atoms with Gasteiger partial charge < -0.3 is 20.1 Å². The Bertz CT molecular complexity index is 1050. The summed E-state index contributed by atoms with van der Waals surface area (Å²) in [6.07, 6.45) is 3.73. The van der Waals surface area contributed by atoms with Crippen molar-refractivity contribution in [3.05, 3.63) is 59.7 Å².